The molecular formula is C12H14Cl2N2O. The second-order valence-electron chi connectivity index (χ2n) is 4.08. The third-order valence-electron chi connectivity index (χ3n) is 2.82. The number of hydrogen-bond donors (Lipinski definition) is 1. The lowest BCUT2D eigenvalue weighted by Gasteiger charge is -2.26. The number of ketones is 1. The average molecular weight is 273 g/mol. The summed E-state index contributed by atoms with van der Waals surface area (Å²) in [6, 6.07) is 5.02. The molecule has 1 heterocycles. The number of rotatable bonds is 3. The fourth-order valence-electron chi connectivity index (χ4n) is 1.83. The van der Waals surface area contributed by atoms with Crippen LogP contribution in [0.1, 0.15) is 10.4 Å². The Morgan fingerprint density at radius 2 is 1.94 bits per heavy atom. The van der Waals surface area contributed by atoms with E-state index in [-0.39, 0.29) is 5.78 Å². The molecule has 0 unspecified atom stereocenters. The molecule has 2 rings (SSSR count). The van der Waals surface area contributed by atoms with Gasteiger partial charge in [0.2, 0.25) is 0 Å². The fraction of sp³-hybridized carbons (Fsp3) is 0.417. The summed E-state index contributed by atoms with van der Waals surface area (Å²) in [6.07, 6.45) is 0. The van der Waals surface area contributed by atoms with Gasteiger partial charge >= 0.3 is 0 Å². The molecule has 92 valence electrons. The summed E-state index contributed by atoms with van der Waals surface area (Å²) < 4.78 is 0. The lowest BCUT2D eigenvalue weighted by molar-refractivity contribution is 0.0921. The van der Waals surface area contributed by atoms with Crippen molar-refractivity contribution in [2.45, 2.75) is 0 Å². The molecule has 1 aliphatic rings. The van der Waals surface area contributed by atoms with Crippen LogP contribution in [-0.2, 0) is 0 Å². The number of hydrogen-bond acceptors (Lipinski definition) is 3. The largest absolute Gasteiger partial charge is 0.314 e. The maximum Gasteiger partial charge on any atom is 0.176 e. The van der Waals surface area contributed by atoms with Crippen LogP contribution in [0.5, 0.6) is 0 Å². The first-order chi connectivity index (χ1) is 8.16. The van der Waals surface area contributed by atoms with Crippen LogP contribution in [0.4, 0.5) is 0 Å². The molecule has 17 heavy (non-hydrogen) atoms. The van der Waals surface area contributed by atoms with Gasteiger partial charge in [-0.1, -0.05) is 23.2 Å². The smallest absolute Gasteiger partial charge is 0.176 e. The van der Waals surface area contributed by atoms with E-state index in [2.05, 4.69) is 10.2 Å². The third-order valence-corrected chi connectivity index (χ3v) is 3.56. The summed E-state index contributed by atoms with van der Waals surface area (Å²) in [5, 5.41) is 4.16. The highest BCUT2D eigenvalue weighted by atomic mass is 35.5. The number of carbonyl (C=O) groups excluding carboxylic acids is 1. The number of halogens is 2. The first kappa shape index (κ1) is 12.8. The number of Topliss-reactive ketones (excluding diaryl/α,β-unsaturated/α-hetero) is 1. The van der Waals surface area contributed by atoms with Crippen LogP contribution >= 0.6 is 23.2 Å². The van der Waals surface area contributed by atoms with Gasteiger partial charge in [0.1, 0.15) is 0 Å². The number of benzene rings is 1. The zero-order chi connectivity index (χ0) is 12.3. The van der Waals surface area contributed by atoms with Crippen molar-refractivity contribution in [3.63, 3.8) is 0 Å². The number of nitrogens with one attached hydrogen (secondary N) is 1. The standard InChI is InChI=1S/C12H14Cl2N2O/c13-10-2-1-9(7-11(10)14)12(17)8-16-5-3-15-4-6-16/h1-2,7,15H,3-6,8H2. The van der Waals surface area contributed by atoms with Gasteiger partial charge in [-0.05, 0) is 18.2 Å². The number of nitrogens with zero attached hydrogens (tertiary/aromatic N) is 1. The van der Waals surface area contributed by atoms with Crippen molar-refractivity contribution in [3.05, 3.63) is 33.8 Å². The molecule has 0 aliphatic carbocycles. The monoisotopic (exact) mass is 272 g/mol. The summed E-state index contributed by atoms with van der Waals surface area (Å²) in [4.78, 5) is 14.2. The Kier molecular flexibility index (Phi) is 4.40. The van der Waals surface area contributed by atoms with Gasteiger partial charge in [0.15, 0.2) is 5.78 Å². The van der Waals surface area contributed by atoms with Gasteiger partial charge in [-0.2, -0.15) is 0 Å². The molecule has 1 fully saturated rings. The topological polar surface area (TPSA) is 32.3 Å². The minimum Gasteiger partial charge on any atom is -0.314 e. The lowest BCUT2D eigenvalue weighted by Crippen LogP contribution is -2.45. The molecular weight excluding hydrogens is 259 g/mol. The molecule has 0 aromatic heterocycles. The molecule has 0 radical (unpaired) electrons. The van der Waals surface area contributed by atoms with Gasteiger partial charge in [-0.15, -0.1) is 0 Å². The Balaban J connectivity index is 2.01. The van der Waals surface area contributed by atoms with Crippen molar-refractivity contribution < 1.29 is 4.79 Å². The fourth-order valence-corrected chi connectivity index (χ4v) is 2.13. The maximum atomic E-state index is 12.0. The summed E-state index contributed by atoms with van der Waals surface area (Å²) in [6.45, 7) is 4.14. The predicted molar refractivity (Wildman–Crippen MR) is 70.1 cm³/mol. The number of carbonyl (C=O) groups is 1. The van der Waals surface area contributed by atoms with Crippen LogP contribution in [0.25, 0.3) is 0 Å². The van der Waals surface area contributed by atoms with E-state index >= 15 is 0 Å². The molecule has 1 saturated heterocycles. The third kappa shape index (κ3) is 3.42. The molecule has 1 aromatic rings. The number of piperazine rings is 1. The second-order valence-corrected chi connectivity index (χ2v) is 4.89. The van der Waals surface area contributed by atoms with Gasteiger partial charge in [0.05, 0.1) is 16.6 Å². The van der Waals surface area contributed by atoms with Crippen LogP contribution in [0, 0.1) is 0 Å². The molecule has 1 aromatic carbocycles. The van der Waals surface area contributed by atoms with E-state index in [4.69, 9.17) is 23.2 Å². The Labute approximate surface area is 111 Å². The van der Waals surface area contributed by atoms with Crippen LogP contribution in [0.3, 0.4) is 0 Å². The molecule has 0 atom stereocenters. The first-order valence-electron chi connectivity index (χ1n) is 5.58. The molecule has 0 amide bonds. The first-order valence-corrected chi connectivity index (χ1v) is 6.34. The van der Waals surface area contributed by atoms with E-state index in [1.807, 2.05) is 0 Å². The highest BCUT2D eigenvalue weighted by Gasteiger charge is 2.15. The van der Waals surface area contributed by atoms with E-state index in [9.17, 15) is 4.79 Å². The van der Waals surface area contributed by atoms with Crippen molar-refractivity contribution >= 4 is 29.0 Å². The Hall–Kier alpha value is -0.610. The van der Waals surface area contributed by atoms with E-state index in [0.29, 0.717) is 22.2 Å². The van der Waals surface area contributed by atoms with Gasteiger partial charge in [0, 0.05) is 31.7 Å². The van der Waals surface area contributed by atoms with Crippen LogP contribution in [0.15, 0.2) is 18.2 Å². The molecule has 0 bridgehead atoms. The summed E-state index contributed by atoms with van der Waals surface area (Å²) in [5.74, 6) is 0.0884. The Bertz CT molecular complexity index is 417. The maximum absolute atomic E-state index is 12.0. The van der Waals surface area contributed by atoms with Gasteiger partial charge < -0.3 is 5.32 Å². The van der Waals surface area contributed by atoms with E-state index in [0.717, 1.165) is 26.2 Å². The molecule has 1 N–H and O–H groups in total. The molecule has 5 heteroatoms. The highest BCUT2D eigenvalue weighted by molar-refractivity contribution is 6.42. The predicted octanol–water partition coefficient (Wildman–Crippen LogP) is 2.08. The quantitative estimate of drug-likeness (QED) is 0.856. The van der Waals surface area contributed by atoms with E-state index in [1.54, 1.807) is 18.2 Å². The summed E-state index contributed by atoms with van der Waals surface area (Å²) in [7, 11) is 0. The Morgan fingerprint density at radius 3 is 2.59 bits per heavy atom. The van der Waals surface area contributed by atoms with Gasteiger partial charge in [-0.3, -0.25) is 9.69 Å². The Morgan fingerprint density at radius 1 is 1.24 bits per heavy atom. The van der Waals surface area contributed by atoms with Crippen molar-refractivity contribution in [2.75, 3.05) is 32.7 Å². The minimum absolute atomic E-state index is 0.0884. The molecule has 1 aliphatic heterocycles. The summed E-state index contributed by atoms with van der Waals surface area (Å²) in [5.41, 5.74) is 0.623. The SMILES string of the molecule is O=C(CN1CCNCC1)c1ccc(Cl)c(Cl)c1. The second kappa shape index (κ2) is 5.83. The van der Waals surface area contributed by atoms with Crippen LogP contribution in [-0.4, -0.2) is 43.4 Å². The average Bonchev–Trinajstić information content (AvgIpc) is 2.34. The molecule has 0 saturated carbocycles. The highest BCUT2D eigenvalue weighted by Crippen LogP contribution is 2.22. The van der Waals surface area contributed by atoms with Crippen LogP contribution < -0.4 is 5.32 Å². The molecule has 0 spiro atoms. The van der Waals surface area contributed by atoms with Crippen molar-refractivity contribution in [2.24, 2.45) is 0 Å². The van der Waals surface area contributed by atoms with Gasteiger partial charge in [-0.25, -0.2) is 0 Å². The normalized spacial score (nSPS) is 17.1. The van der Waals surface area contributed by atoms with Crippen molar-refractivity contribution in [1.82, 2.24) is 10.2 Å². The van der Waals surface area contributed by atoms with Gasteiger partial charge in [0.25, 0.3) is 0 Å². The zero-order valence-corrected chi connectivity index (χ0v) is 10.9. The molecule has 3 nitrogen and oxygen atoms in total. The lowest BCUT2D eigenvalue weighted by atomic mass is 10.1. The summed E-state index contributed by atoms with van der Waals surface area (Å²) >= 11 is 11.7. The minimum atomic E-state index is 0.0884. The van der Waals surface area contributed by atoms with E-state index < -0.39 is 0 Å². The van der Waals surface area contributed by atoms with Crippen molar-refractivity contribution in [3.8, 4) is 0 Å². The van der Waals surface area contributed by atoms with Crippen molar-refractivity contribution in [1.29, 1.82) is 0 Å². The van der Waals surface area contributed by atoms with Crippen LogP contribution in [0.2, 0.25) is 10.0 Å². The van der Waals surface area contributed by atoms with E-state index in [1.165, 1.54) is 0 Å². The zero-order valence-electron chi connectivity index (χ0n) is 9.38.